The molecule has 2 amide bonds. The molecule has 0 aliphatic rings. The molecule has 0 bridgehead atoms. The quantitative estimate of drug-likeness (QED) is 0.865. The molecule has 0 spiro atoms. The lowest BCUT2D eigenvalue weighted by molar-refractivity contribution is 0.0907. The zero-order valence-electron chi connectivity index (χ0n) is 12.0. The minimum absolute atomic E-state index is 0.00499. The zero-order chi connectivity index (χ0) is 15.6. The fraction of sp³-hybridized carbons (Fsp3) is 0.385. The standard InChI is InChI=1S/C13H16N4O4/c1-13(2,3)9-6-16-12(20-9)11(19)15-5-7-4-8(10(14)18)17-21-7/h4,6H,5H2,1-3H3,(H2,14,18)(H,15,19). The van der Waals surface area contributed by atoms with Crippen LogP contribution in [0.25, 0.3) is 0 Å². The minimum atomic E-state index is -0.696. The smallest absolute Gasteiger partial charge is 0.307 e. The molecule has 2 aromatic rings. The summed E-state index contributed by atoms with van der Waals surface area (Å²) < 4.78 is 10.3. The fourth-order valence-corrected chi connectivity index (χ4v) is 1.48. The molecule has 0 aliphatic carbocycles. The van der Waals surface area contributed by atoms with Gasteiger partial charge in [-0.1, -0.05) is 25.9 Å². The summed E-state index contributed by atoms with van der Waals surface area (Å²) in [7, 11) is 0. The molecule has 3 N–H and O–H groups in total. The van der Waals surface area contributed by atoms with Crippen molar-refractivity contribution in [3.8, 4) is 0 Å². The van der Waals surface area contributed by atoms with Crippen LogP contribution in [-0.2, 0) is 12.0 Å². The van der Waals surface area contributed by atoms with Crippen molar-refractivity contribution >= 4 is 11.8 Å². The topological polar surface area (TPSA) is 124 Å². The van der Waals surface area contributed by atoms with E-state index in [1.807, 2.05) is 20.8 Å². The van der Waals surface area contributed by atoms with Crippen molar-refractivity contribution in [2.75, 3.05) is 0 Å². The lowest BCUT2D eigenvalue weighted by atomic mass is 9.94. The monoisotopic (exact) mass is 292 g/mol. The third kappa shape index (κ3) is 3.47. The molecule has 0 radical (unpaired) electrons. The van der Waals surface area contributed by atoms with Crippen LogP contribution in [0.5, 0.6) is 0 Å². The van der Waals surface area contributed by atoms with Gasteiger partial charge in [-0.25, -0.2) is 4.98 Å². The van der Waals surface area contributed by atoms with E-state index in [9.17, 15) is 9.59 Å². The zero-order valence-corrected chi connectivity index (χ0v) is 12.0. The van der Waals surface area contributed by atoms with Gasteiger partial charge in [-0.05, 0) is 0 Å². The number of primary amides is 1. The molecular weight excluding hydrogens is 276 g/mol. The van der Waals surface area contributed by atoms with Gasteiger partial charge in [-0.3, -0.25) is 9.59 Å². The number of nitrogens with one attached hydrogen (secondary N) is 1. The van der Waals surface area contributed by atoms with Gasteiger partial charge >= 0.3 is 5.91 Å². The van der Waals surface area contributed by atoms with Gasteiger partial charge in [-0.15, -0.1) is 0 Å². The lowest BCUT2D eigenvalue weighted by Crippen LogP contribution is -2.23. The number of rotatable bonds is 4. The Kier molecular flexibility index (Phi) is 3.79. The Morgan fingerprint density at radius 2 is 2.10 bits per heavy atom. The lowest BCUT2D eigenvalue weighted by Gasteiger charge is -2.12. The van der Waals surface area contributed by atoms with E-state index in [2.05, 4.69) is 15.5 Å². The molecule has 0 unspecified atom stereocenters. The Bertz CT molecular complexity index is 666. The Balaban J connectivity index is 1.98. The van der Waals surface area contributed by atoms with Gasteiger partial charge in [0.2, 0.25) is 0 Å². The molecular formula is C13H16N4O4. The first-order valence-electron chi connectivity index (χ1n) is 6.27. The summed E-state index contributed by atoms with van der Waals surface area (Å²) in [6.45, 7) is 5.91. The second-order valence-electron chi connectivity index (χ2n) is 5.51. The summed E-state index contributed by atoms with van der Waals surface area (Å²) in [5.74, 6) is -0.293. The van der Waals surface area contributed by atoms with Gasteiger partial charge < -0.3 is 20.0 Å². The summed E-state index contributed by atoms with van der Waals surface area (Å²) >= 11 is 0. The second kappa shape index (κ2) is 5.39. The van der Waals surface area contributed by atoms with Crippen LogP contribution in [0.2, 0.25) is 0 Å². The number of hydrogen-bond donors (Lipinski definition) is 2. The van der Waals surface area contributed by atoms with Crippen molar-refractivity contribution < 1.29 is 18.5 Å². The molecule has 2 heterocycles. The van der Waals surface area contributed by atoms with Crippen molar-refractivity contribution in [2.24, 2.45) is 5.73 Å². The number of hydrogen-bond acceptors (Lipinski definition) is 6. The maximum Gasteiger partial charge on any atom is 0.307 e. The maximum atomic E-state index is 11.9. The molecule has 2 aromatic heterocycles. The van der Waals surface area contributed by atoms with Crippen LogP contribution in [-0.4, -0.2) is 22.0 Å². The molecule has 0 fully saturated rings. The maximum absolute atomic E-state index is 11.9. The number of aromatic nitrogens is 2. The third-order valence-corrected chi connectivity index (χ3v) is 2.67. The minimum Gasteiger partial charge on any atom is -0.437 e. The number of carbonyl (C=O) groups excluding carboxylic acids is 2. The van der Waals surface area contributed by atoms with Gasteiger partial charge in [0, 0.05) is 11.5 Å². The summed E-state index contributed by atoms with van der Waals surface area (Å²) in [6.07, 6.45) is 1.52. The van der Waals surface area contributed by atoms with E-state index in [0.29, 0.717) is 11.5 Å². The average molecular weight is 292 g/mol. The second-order valence-corrected chi connectivity index (χ2v) is 5.51. The number of oxazole rings is 1. The van der Waals surface area contributed by atoms with Crippen LogP contribution < -0.4 is 11.1 Å². The molecule has 8 nitrogen and oxygen atoms in total. The predicted molar refractivity (Wildman–Crippen MR) is 71.4 cm³/mol. The number of nitrogens with two attached hydrogens (primary N) is 1. The van der Waals surface area contributed by atoms with Gasteiger partial charge in [0.1, 0.15) is 5.76 Å². The Hall–Kier alpha value is -2.64. The van der Waals surface area contributed by atoms with Gasteiger partial charge in [0.05, 0.1) is 12.7 Å². The van der Waals surface area contributed by atoms with Crippen LogP contribution in [0.3, 0.4) is 0 Å². The van der Waals surface area contributed by atoms with Crippen molar-refractivity contribution in [2.45, 2.75) is 32.7 Å². The van der Waals surface area contributed by atoms with Crippen molar-refractivity contribution in [1.29, 1.82) is 0 Å². The molecule has 0 saturated carbocycles. The molecule has 112 valence electrons. The van der Waals surface area contributed by atoms with Gasteiger partial charge in [0.25, 0.3) is 11.8 Å². The van der Waals surface area contributed by atoms with Gasteiger partial charge in [0.15, 0.2) is 11.5 Å². The van der Waals surface area contributed by atoms with Crippen LogP contribution in [0.15, 0.2) is 21.2 Å². The van der Waals surface area contributed by atoms with E-state index in [-0.39, 0.29) is 23.5 Å². The van der Waals surface area contributed by atoms with Crippen LogP contribution in [0.1, 0.15) is 53.5 Å². The van der Waals surface area contributed by atoms with Crippen molar-refractivity contribution in [3.63, 3.8) is 0 Å². The van der Waals surface area contributed by atoms with Crippen LogP contribution in [0.4, 0.5) is 0 Å². The van der Waals surface area contributed by atoms with E-state index in [1.165, 1.54) is 12.3 Å². The van der Waals surface area contributed by atoms with Gasteiger partial charge in [-0.2, -0.15) is 0 Å². The summed E-state index contributed by atoms with van der Waals surface area (Å²) in [4.78, 5) is 26.7. The fourth-order valence-electron chi connectivity index (χ4n) is 1.48. The van der Waals surface area contributed by atoms with Crippen molar-refractivity contribution in [1.82, 2.24) is 15.5 Å². The van der Waals surface area contributed by atoms with Crippen LogP contribution >= 0.6 is 0 Å². The number of nitrogens with zero attached hydrogens (tertiary/aromatic N) is 2. The molecule has 0 aliphatic heterocycles. The molecule has 0 aromatic carbocycles. The normalized spacial score (nSPS) is 11.4. The van der Waals surface area contributed by atoms with E-state index in [1.54, 1.807) is 0 Å². The largest absolute Gasteiger partial charge is 0.437 e. The first kappa shape index (κ1) is 14.8. The van der Waals surface area contributed by atoms with Crippen LogP contribution in [0, 0.1) is 0 Å². The third-order valence-electron chi connectivity index (χ3n) is 2.67. The Morgan fingerprint density at radius 1 is 1.38 bits per heavy atom. The van der Waals surface area contributed by atoms with E-state index in [4.69, 9.17) is 14.7 Å². The van der Waals surface area contributed by atoms with Crippen molar-refractivity contribution in [3.05, 3.63) is 35.4 Å². The first-order chi connectivity index (χ1) is 9.77. The summed E-state index contributed by atoms with van der Waals surface area (Å²) in [5.41, 5.74) is 4.82. The summed E-state index contributed by atoms with van der Waals surface area (Å²) in [5, 5.41) is 6.01. The Morgan fingerprint density at radius 3 is 2.62 bits per heavy atom. The van der Waals surface area contributed by atoms with E-state index < -0.39 is 11.8 Å². The highest BCUT2D eigenvalue weighted by Gasteiger charge is 2.22. The molecule has 2 rings (SSSR count). The molecule has 8 heteroatoms. The summed E-state index contributed by atoms with van der Waals surface area (Å²) in [6, 6.07) is 1.36. The highest BCUT2D eigenvalue weighted by Crippen LogP contribution is 2.22. The molecule has 0 saturated heterocycles. The number of carbonyl (C=O) groups is 2. The predicted octanol–water partition coefficient (Wildman–Crippen LogP) is 0.989. The highest BCUT2D eigenvalue weighted by molar-refractivity contribution is 5.91. The molecule has 0 atom stereocenters. The van der Waals surface area contributed by atoms with E-state index in [0.717, 1.165) is 0 Å². The Labute approximate surface area is 120 Å². The van der Waals surface area contributed by atoms with E-state index >= 15 is 0 Å². The highest BCUT2D eigenvalue weighted by atomic mass is 16.5. The SMILES string of the molecule is CC(C)(C)c1cnc(C(=O)NCc2cc(C(N)=O)no2)o1. The number of amides is 2. The first-order valence-corrected chi connectivity index (χ1v) is 6.27. The average Bonchev–Trinajstić information content (AvgIpc) is 3.04. The molecule has 21 heavy (non-hydrogen) atoms.